The van der Waals surface area contributed by atoms with Crippen LogP contribution < -0.4 is 4.74 Å². The Morgan fingerprint density at radius 2 is 1.85 bits per heavy atom. The van der Waals surface area contributed by atoms with Crippen LogP contribution in [0, 0.1) is 5.82 Å². The van der Waals surface area contributed by atoms with E-state index in [9.17, 15) is 17.6 Å². The summed E-state index contributed by atoms with van der Waals surface area (Å²) in [5, 5.41) is 0.490. The van der Waals surface area contributed by atoms with Crippen LogP contribution in [-0.2, 0) is 19.6 Å². The topological polar surface area (TPSA) is 76.1 Å². The number of morpholine rings is 1. The lowest BCUT2D eigenvalue weighted by Gasteiger charge is -2.42. The Bertz CT molecular complexity index is 1130. The second-order valence-electron chi connectivity index (χ2n) is 8.66. The van der Waals surface area contributed by atoms with Crippen LogP contribution in [0.2, 0.25) is 5.02 Å². The van der Waals surface area contributed by atoms with Crippen LogP contribution >= 0.6 is 11.6 Å². The van der Waals surface area contributed by atoms with E-state index < -0.39 is 26.3 Å². The van der Waals surface area contributed by atoms with Crippen molar-refractivity contribution in [1.82, 2.24) is 9.21 Å². The summed E-state index contributed by atoms with van der Waals surface area (Å²) in [6.45, 7) is 1.25. The Kier molecular flexibility index (Phi) is 7.77. The normalized spacial score (nSPS) is 21.9. The van der Waals surface area contributed by atoms with Gasteiger partial charge in [-0.2, -0.15) is 4.31 Å². The highest BCUT2D eigenvalue weighted by Gasteiger charge is 2.45. The Morgan fingerprint density at radius 3 is 2.59 bits per heavy atom. The molecule has 0 radical (unpaired) electrons. The van der Waals surface area contributed by atoms with Crippen LogP contribution in [-0.4, -0.2) is 68.5 Å². The lowest BCUT2D eigenvalue weighted by atomic mass is 9.97. The van der Waals surface area contributed by atoms with E-state index >= 15 is 0 Å². The molecule has 2 heterocycles. The predicted molar refractivity (Wildman–Crippen MR) is 126 cm³/mol. The quantitative estimate of drug-likeness (QED) is 0.567. The van der Waals surface area contributed by atoms with Gasteiger partial charge in [0.1, 0.15) is 28.7 Å². The Hall–Kier alpha value is -2.20. The molecule has 0 aromatic heterocycles. The first kappa shape index (κ1) is 24.9. The van der Waals surface area contributed by atoms with Crippen molar-refractivity contribution < 1.29 is 27.1 Å². The molecule has 184 valence electrons. The van der Waals surface area contributed by atoms with E-state index in [1.165, 1.54) is 22.5 Å². The molecule has 2 aliphatic rings. The third-order valence-corrected chi connectivity index (χ3v) is 8.26. The minimum atomic E-state index is -4.14. The second-order valence-corrected chi connectivity index (χ2v) is 11.0. The van der Waals surface area contributed by atoms with Gasteiger partial charge < -0.3 is 14.4 Å². The van der Waals surface area contributed by atoms with Crippen molar-refractivity contribution in [3.05, 3.63) is 59.4 Å². The van der Waals surface area contributed by atoms with Crippen LogP contribution in [0.5, 0.6) is 5.75 Å². The summed E-state index contributed by atoms with van der Waals surface area (Å²) >= 11 is 6.06. The van der Waals surface area contributed by atoms with Crippen molar-refractivity contribution in [3.8, 4) is 5.75 Å². The average Bonchev–Trinajstić information content (AvgIpc) is 2.84. The fraction of sp³-hybridized carbons (Fsp3) is 0.458. The standard InChI is InChI=1S/C24H28ClFN2O5S/c25-19-7-6-8-20(15-19)32-18-24(16-23(29)27-11-4-1-5-12-27)17-28(13-14-33-24)34(30,31)22-10-3-2-9-21(22)26/h2-3,6-10,15H,1,4-5,11-14,16-18H2. The smallest absolute Gasteiger partial charge is 0.246 e. The minimum absolute atomic E-state index is 0.0448. The summed E-state index contributed by atoms with van der Waals surface area (Å²) in [6, 6.07) is 12.1. The summed E-state index contributed by atoms with van der Waals surface area (Å²) in [4.78, 5) is 14.5. The molecule has 4 rings (SSSR count). The van der Waals surface area contributed by atoms with Crippen LogP contribution in [0.4, 0.5) is 4.39 Å². The van der Waals surface area contributed by atoms with Crippen molar-refractivity contribution in [2.75, 3.05) is 39.4 Å². The molecular weight excluding hydrogens is 483 g/mol. The number of halogens is 2. The van der Waals surface area contributed by atoms with Crippen molar-refractivity contribution in [2.45, 2.75) is 36.2 Å². The number of nitrogens with zero attached hydrogens (tertiary/aromatic N) is 2. The lowest BCUT2D eigenvalue weighted by molar-refractivity contribution is -0.151. The Balaban J connectivity index is 1.59. The molecule has 0 aliphatic carbocycles. The van der Waals surface area contributed by atoms with E-state index in [2.05, 4.69) is 0 Å². The molecule has 34 heavy (non-hydrogen) atoms. The van der Waals surface area contributed by atoms with E-state index in [0.29, 0.717) is 23.9 Å². The van der Waals surface area contributed by atoms with Crippen molar-refractivity contribution >= 4 is 27.5 Å². The molecule has 7 nitrogen and oxygen atoms in total. The van der Waals surface area contributed by atoms with Crippen molar-refractivity contribution in [2.24, 2.45) is 0 Å². The van der Waals surface area contributed by atoms with Gasteiger partial charge in [0.25, 0.3) is 0 Å². The summed E-state index contributed by atoms with van der Waals surface area (Å²) in [5.41, 5.74) is -1.23. The first-order valence-corrected chi connectivity index (χ1v) is 13.2. The highest BCUT2D eigenvalue weighted by Crippen LogP contribution is 2.30. The highest BCUT2D eigenvalue weighted by molar-refractivity contribution is 7.89. The van der Waals surface area contributed by atoms with Crippen LogP contribution in [0.3, 0.4) is 0 Å². The summed E-state index contributed by atoms with van der Waals surface area (Å²) in [6.07, 6.45) is 2.91. The Morgan fingerprint density at radius 1 is 1.09 bits per heavy atom. The molecule has 0 saturated carbocycles. The molecule has 2 aliphatic heterocycles. The van der Waals surface area contributed by atoms with E-state index in [4.69, 9.17) is 21.1 Å². The maximum Gasteiger partial charge on any atom is 0.246 e. The monoisotopic (exact) mass is 510 g/mol. The number of carbonyl (C=O) groups excluding carboxylic acids is 1. The zero-order chi connectivity index (χ0) is 24.2. The van der Waals surface area contributed by atoms with Crippen molar-refractivity contribution in [3.63, 3.8) is 0 Å². The number of carbonyl (C=O) groups is 1. The first-order valence-electron chi connectivity index (χ1n) is 11.3. The van der Waals surface area contributed by atoms with Crippen LogP contribution in [0.15, 0.2) is 53.4 Å². The van der Waals surface area contributed by atoms with Gasteiger partial charge in [-0.3, -0.25) is 4.79 Å². The molecular formula is C24H28ClFN2O5S. The van der Waals surface area contributed by atoms with E-state index in [1.807, 2.05) is 0 Å². The number of amides is 1. The van der Waals surface area contributed by atoms with Gasteiger partial charge >= 0.3 is 0 Å². The maximum atomic E-state index is 14.4. The molecule has 10 heteroatoms. The van der Waals surface area contributed by atoms with Gasteiger partial charge in [0.2, 0.25) is 15.9 Å². The molecule has 2 aromatic carbocycles. The van der Waals surface area contributed by atoms with Gasteiger partial charge in [0, 0.05) is 31.2 Å². The van der Waals surface area contributed by atoms with Gasteiger partial charge in [0.05, 0.1) is 13.0 Å². The van der Waals surface area contributed by atoms with Crippen LogP contribution in [0.1, 0.15) is 25.7 Å². The molecule has 2 fully saturated rings. The van der Waals surface area contributed by atoms with Gasteiger partial charge in [-0.25, -0.2) is 12.8 Å². The number of likely N-dealkylation sites (tertiary alicyclic amines) is 1. The molecule has 0 N–H and O–H groups in total. The highest BCUT2D eigenvalue weighted by atomic mass is 35.5. The predicted octanol–water partition coefficient (Wildman–Crippen LogP) is 3.72. The molecule has 0 bridgehead atoms. The zero-order valence-corrected chi connectivity index (χ0v) is 20.4. The van der Waals surface area contributed by atoms with Gasteiger partial charge in [0.15, 0.2) is 0 Å². The van der Waals surface area contributed by atoms with E-state index in [1.54, 1.807) is 29.2 Å². The Labute approximate surface area is 204 Å². The number of hydrogen-bond acceptors (Lipinski definition) is 5. The molecule has 1 atom stereocenters. The molecule has 1 unspecified atom stereocenters. The SMILES string of the molecule is O=C(CC1(COc2cccc(Cl)c2)CN(S(=O)(=O)c2ccccc2F)CCO1)N1CCCCC1. The molecule has 2 aromatic rings. The molecule has 2 saturated heterocycles. The number of piperidine rings is 1. The molecule has 1 amide bonds. The number of hydrogen-bond donors (Lipinski definition) is 0. The van der Waals surface area contributed by atoms with E-state index in [-0.39, 0.29) is 38.6 Å². The third-order valence-electron chi connectivity index (χ3n) is 6.15. The van der Waals surface area contributed by atoms with Crippen LogP contribution in [0.25, 0.3) is 0 Å². The van der Waals surface area contributed by atoms with Gasteiger partial charge in [-0.05, 0) is 49.6 Å². The lowest BCUT2D eigenvalue weighted by Crippen LogP contribution is -2.58. The maximum absolute atomic E-state index is 14.4. The first-order chi connectivity index (χ1) is 16.3. The fourth-order valence-electron chi connectivity index (χ4n) is 4.36. The van der Waals surface area contributed by atoms with Gasteiger partial charge in [-0.15, -0.1) is 0 Å². The second kappa shape index (κ2) is 10.6. The zero-order valence-electron chi connectivity index (χ0n) is 18.8. The van der Waals surface area contributed by atoms with E-state index in [0.717, 1.165) is 25.3 Å². The summed E-state index contributed by atoms with van der Waals surface area (Å²) in [7, 11) is -4.14. The third kappa shape index (κ3) is 5.71. The van der Waals surface area contributed by atoms with Gasteiger partial charge in [-0.1, -0.05) is 29.8 Å². The number of rotatable bonds is 7. The number of sulfonamides is 1. The number of benzene rings is 2. The van der Waals surface area contributed by atoms with Crippen molar-refractivity contribution in [1.29, 1.82) is 0 Å². The molecule has 0 spiro atoms. The number of ether oxygens (including phenoxy) is 2. The fourth-order valence-corrected chi connectivity index (χ4v) is 6.10. The largest absolute Gasteiger partial charge is 0.490 e. The summed E-state index contributed by atoms with van der Waals surface area (Å²) in [5.74, 6) is -0.450. The minimum Gasteiger partial charge on any atom is -0.490 e. The average molecular weight is 511 g/mol. The summed E-state index contributed by atoms with van der Waals surface area (Å²) < 4.78 is 54.1.